The average molecular weight is 445 g/mol. The van der Waals surface area contributed by atoms with Crippen LogP contribution in [-0.2, 0) is 16.0 Å². The van der Waals surface area contributed by atoms with Gasteiger partial charge in [-0.15, -0.1) is 0 Å². The second kappa shape index (κ2) is 10.8. The van der Waals surface area contributed by atoms with E-state index in [1.165, 1.54) is 23.0 Å². The molecule has 6 nitrogen and oxygen atoms in total. The molecule has 0 radical (unpaired) electrons. The third-order valence-electron chi connectivity index (χ3n) is 4.91. The number of carbonyl (C=O) groups excluding carboxylic acids is 1. The minimum Gasteiger partial charge on any atom is -0.378 e. The van der Waals surface area contributed by atoms with Gasteiger partial charge in [-0.05, 0) is 54.8 Å². The van der Waals surface area contributed by atoms with Crippen molar-refractivity contribution in [2.24, 2.45) is 0 Å². The standard InChI is InChI=1S/C25H24N4O2S/c1-2-4-24(30)27-20-5-3-6-22(18-20)32-25-11-12-26-23(28-25)17-19-7-9-21(10-8-19)29-13-15-31-16-14-29/h3,5-12,18H,13-17H2,1H3,(H,27,30). The number of nitrogens with zero attached hydrogens (tertiary/aromatic N) is 3. The van der Waals surface area contributed by atoms with Gasteiger partial charge >= 0.3 is 0 Å². The number of nitrogens with one attached hydrogen (secondary N) is 1. The minimum atomic E-state index is -0.321. The Morgan fingerprint density at radius 2 is 1.97 bits per heavy atom. The Morgan fingerprint density at radius 3 is 2.75 bits per heavy atom. The largest absolute Gasteiger partial charge is 0.378 e. The van der Waals surface area contributed by atoms with Crippen molar-refractivity contribution >= 4 is 29.0 Å². The highest BCUT2D eigenvalue weighted by molar-refractivity contribution is 7.99. The van der Waals surface area contributed by atoms with Gasteiger partial charge in [0.2, 0.25) is 0 Å². The maximum atomic E-state index is 11.7. The van der Waals surface area contributed by atoms with Crippen molar-refractivity contribution in [2.75, 3.05) is 36.5 Å². The van der Waals surface area contributed by atoms with E-state index >= 15 is 0 Å². The SMILES string of the molecule is CC#CC(=O)Nc1cccc(Sc2ccnc(Cc3ccc(N4CCOCC4)cc3)n2)c1. The molecule has 1 amide bonds. The van der Waals surface area contributed by atoms with Crippen LogP contribution in [0.1, 0.15) is 18.3 Å². The van der Waals surface area contributed by atoms with Crippen LogP contribution in [0, 0.1) is 11.8 Å². The van der Waals surface area contributed by atoms with Gasteiger partial charge in [-0.3, -0.25) is 4.79 Å². The van der Waals surface area contributed by atoms with Crippen LogP contribution in [0.15, 0.2) is 70.7 Å². The van der Waals surface area contributed by atoms with Gasteiger partial charge in [-0.1, -0.05) is 35.9 Å². The number of rotatable bonds is 6. The molecule has 32 heavy (non-hydrogen) atoms. The zero-order chi connectivity index (χ0) is 22.2. The summed E-state index contributed by atoms with van der Waals surface area (Å²) in [5, 5.41) is 3.63. The fourth-order valence-corrected chi connectivity index (χ4v) is 4.24. The molecule has 1 fully saturated rings. The highest BCUT2D eigenvalue weighted by Gasteiger charge is 2.11. The predicted molar refractivity (Wildman–Crippen MR) is 127 cm³/mol. The van der Waals surface area contributed by atoms with Crippen molar-refractivity contribution in [3.05, 3.63) is 72.2 Å². The highest BCUT2D eigenvalue weighted by atomic mass is 32.2. The Kier molecular flexibility index (Phi) is 7.38. The van der Waals surface area contributed by atoms with Crippen LogP contribution in [0.4, 0.5) is 11.4 Å². The van der Waals surface area contributed by atoms with Crippen LogP contribution in [0.5, 0.6) is 0 Å². The molecule has 0 atom stereocenters. The second-order valence-corrected chi connectivity index (χ2v) is 8.31. The van der Waals surface area contributed by atoms with E-state index in [-0.39, 0.29) is 5.91 Å². The van der Waals surface area contributed by atoms with E-state index in [2.05, 4.69) is 51.3 Å². The summed E-state index contributed by atoms with van der Waals surface area (Å²) >= 11 is 1.53. The molecule has 1 aromatic heterocycles. The fraction of sp³-hybridized carbons (Fsp3) is 0.240. The Bertz CT molecular complexity index is 1130. The summed E-state index contributed by atoms with van der Waals surface area (Å²) in [5.74, 6) is 5.53. The third kappa shape index (κ3) is 6.10. The lowest BCUT2D eigenvalue weighted by Crippen LogP contribution is -2.36. The Labute approximate surface area is 192 Å². The minimum absolute atomic E-state index is 0.321. The normalized spacial score (nSPS) is 13.2. The van der Waals surface area contributed by atoms with Crippen LogP contribution >= 0.6 is 11.8 Å². The first-order valence-electron chi connectivity index (χ1n) is 10.4. The quantitative estimate of drug-likeness (QED) is 0.458. The summed E-state index contributed by atoms with van der Waals surface area (Å²) in [5.41, 5.74) is 3.10. The molecule has 1 N–H and O–H groups in total. The molecule has 2 heterocycles. The number of carbonyl (C=O) groups is 1. The van der Waals surface area contributed by atoms with E-state index in [4.69, 9.17) is 9.72 Å². The molecular weight excluding hydrogens is 420 g/mol. The van der Waals surface area contributed by atoms with Gasteiger partial charge < -0.3 is 15.0 Å². The van der Waals surface area contributed by atoms with Gasteiger partial charge in [-0.25, -0.2) is 9.97 Å². The van der Waals surface area contributed by atoms with Crippen molar-refractivity contribution in [3.8, 4) is 11.8 Å². The first-order valence-corrected chi connectivity index (χ1v) is 11.3. The third-order valence-corrected chi connectivity index (χ3v) is 5.83. The summed E-state index contributed by atoms with van der Waals surface area (Å²) in [6.45, 7) is 5.05. The number of hydrogen-bond acceptors (Lipinski definition) is 6. The Morgan fingerprint density at radius 1 is 1.16 bits per heavy atom. The monoisotopic (exact) mass is 444 g/mol. The molecular formula is C25H24N4O2S. The molecule has 3 aromatic rings. The van der Waals surface area contributed by atoms with Gasteiger partial charge in [0.25, 0.3) is 5.91 Å². The molecule has 2 aromatic carbocycles. The number of amides is 1. The lowest BCUT2D eigenvalue weighted by molar-refractivity contribution is -0.111. The first-order chi connectivity index (χ1) is 15.7. The number of hydrogen-bond donors (Lipinski definition) is 1. The lowest BCUT2D eigenvalue weighted by atomic mass is 10.1. The van der Waals surface area contributed by atoms with Crippen LogP contribution in [0.25, 0.3) is 0 Å². The molecule has 1 aliphatic heterocycles. The molecule has 162 valence electrons. The maximum Gasteiger partial charge on any atom is 0.300 e. The topological polar surface area (TPSA) is 67.4 Å². The highest BCUT2D eigenvalue weighted by Crippen LogP contribution is 2.28. The smallest absolute Gasteiger partial charge is 0.300 e. The van der Waals surface area contributed by atoms with E-state index in [1.54, 1.807) is 13.1 Å². The van der Waals surface area contributed by atoms with E-state index < -0.39 is 0 Å². The Balaban J connectivity index is 1.40. The molecule has 0 unspecified atom stereocenters. The van der Waals surface area contributed by atoms with Gasteiger partial charge in [0.15, 0.2) is 0 Å². The molecule has 1 aliphatic rings. The van der Waals surface area contributed by atoms with Crippen molar-refractivity contribution in [3.63, 3.8) is 0 Å². The number of ether oxygens (including phenoxy) is 1. The zero-order valence-corrected chi connectivity index (χ0v) is 18.7. The van der Waals surface area contributed by atoms with Crippen molar-refractivity contribution in [2.45, 2.75) is 23.3 Å². The van der Waals surface area contributed by atoms with Crippen LogP contribution in [-0.4, -0.2) is 42.2 Å². The molecule has 0 saturated carbocycles. The zero-order valence-electron chi connectivity index (χ0n) is 17.9. The fourth-order valence-electron chi connectivity index (χ4n) is 3.39. The number of benzene rings is 2. The van der Waals surface area contributed by atoms with Crippen LogP contribution < -0.4 is 10.2 Å². The van der Waals surface area contributed by atoms with Gasteiger partial charge in [0, 0.05) is 42.0 Å². The van der Waals surface area contributed by atoms with Gasteiger partial charge in [0.1, 0.15) is 10.9 Å². The van der Waals surface area contributed by atoms with E-state index in [0.717, 1.165) is 42.0 Å². The van der Waals surface area contributed by atoms with Crippen LogP contribution in [0.3, 0.4) is 0 Å². The number of anilines is 2. The molecule has 1 saturated heterocycles. The van der Waals surface area contributed by atoms with Gasteiger partial charge in [0.05, 0.1) is 13.2 Å². The molecule has 7 heteroatoms. The first kappa shape index (κ1) is 21.9. The average Bonchev–Trinajstić information content (AvgIpc) is 2.81. The van der Waals surface area contributed by atoms with E-state index in [9.17, 15) is 4.79 Å². The lowest BCUT2D eigenvalue weighted by Gasteiger charge is -2.28. The van der Waals surface area contributed by atoms with Crippen molar-refractivity contribution in [1.29, 1.82) is 0 Å². The Hall–Kier alpha value is -3.34. The van der Waals surface area contributed by atoms with Crippen molar-refractivity contribution in [1.82, 2.24) is 9.97 Å². The van der Waals surface area contributed by atoms with E-state index in [0.29, 0.717) is 12.1 Å². The second-order valence-electron chi connectivity index (χ2n) is 7.21. The number of morpholine rings is 1. The molecule has 0 bridgehead atoms. The maximum absolute atomic E-state index is 11.7. The molecule has 0 spiro atoms. The number of aromatic nitrogens is 2. The van der Waals surface area contributed by atoms with Crippen molar-refractivity contribution < 1.29 is 9.53 Å². The summed E-state index contributed by atoms with van der Waals surface area (Å²) in [6.07, 6.45) is 2.46. The predicted octanol–water partition coefficient (Wildman–Crippen LogP) is 4.02. The molecule has 0 aliphatic carbocycles. The van der Waals surface area contributed by atoms with E-state index in [1.807, 2.05) is 30.3 Å². The van der Waals surface area contributed by atoms with Crippen LogP contribution in [0.2, 0.25) is 0 Å². The summed E-state index contributed by atoms with van der Waals surface area (Å²) in [7, 11) is 0. The summed E-state index contributed by atoms with van der Waals surface area (Å²) in [4.78, 5) is 24.2. The summed E-state index contributed by atoms with van der Waals surface area (Å²) in [6, 6.07) is 18.1. The molecule has 4 rings (SSSR count). The summed E-state index contributed by atoms with van der Waals surface area (Å²) < 4.78 is 5.43. The van der Waals surface area contributed by atoms with Gasteiger partial charge in [-0.2, -0.15) is 0 Å².